The molecular weight excluding hydrogens is 358 g/mol. The van der Waals surface area contributed by atoms with Crippen molar-refractivity contribution in [2.24, 2.45) is 0 Å². The van der Waals surface area contributed by atoms with Crippen molar-refractivity contribution in [3.8, 4) is 28.3 Å². The lowest BCUT2D eigenvalue weighted by Crippen LogP contribution is -2.03. The van der Waals surface area contributed by atoms with E-state index in [2.05, 4.69) is 4.98 Å². The highest BCUT2D eigenvalue weighted by molar-refractivity contribution is 7.90. The van der Waals surface area contributed by atoms with Crippen molar-refractivity contribution in [3.63, 3.8) is 0 Å². The van der Waals surface area contributed by atoms with Crippen LogP contribution < -0.4 is 0 Å². The number of rotatable bonds is 3. The van der Waals surface area contributed by atoms with Gasteiger partial charge in [0.1, 0.15) is 16.5 Å². The lowest BCUT2D eigenvalue weighted by molar-refractivity contribution is 0.557. The van der Waals surface area contributed by atoms with Crippen LogP contribution in [0.5, 0.6) is 0 Å². The number of pyridine rings is 1. The van der Waals surface area contributed by atoms with E-state index >= 15 is 0 Å². The number of halogens is 2. The van der Waals surface area contributed by atoms with Gasteiger partial charge >= 0.3 is 0 Å². The Morgan fingerprint density at radius 2 is 1.77 bits per heavy atom. The van der Waals surface area contributed by atoms with Crippen LogP contribution in [0.15, 0.2) is 59.8 Å². The molecule has 2 aromatic carbocycles. The first kappa shape index (κ1) is 17.7. The molecule has 0 amide bonds. The maximum atomic E-state index is 14.6. The molecule has 0 saturated heterocycles. The van der Waals surface area contributed by atoms with E-state index < -0.39 is 26.4 Å². The fourth-order valence-electron chi connectivity index (χ4n) is 2.64. The van der Waals surface area contributed by atoms with E-state index in [4.69, 9.17) is 5.26 Å². The lowest BCUT2D eigenvalue weighted by atomic mass is 9.95. The fraction of sp³-hybridized carbons (Fsp3) is 0.0526. The maximum Gasteiger partial charge on any atom is 0.178 e. The topological polar surface area (TPSA) is 70.8 Å². The summed E-state index contributed by atoms with van der Waals surface area (Å²) in [5, 5.41) is 9.05. The molecule has 0 fully saturated rings. The zero-order valence-electron chi connectivity index (χ0n) is 13.6. The summed E-state index contributed by atoms with van der Waals surface area (Å²) >= 11 is 0. The Bertz CT molecular complexity index is 1150. The number of aromatic nitrogens is 1. The van der Waals surface area contributed by atoms with Gasteiger partial charge < -0.3 is 0 Å². The van der Waals surface area contributed by atoms with E-state index in [1.54, 1.807) is 30.3 Å². The molecule has 130 valence electrons. The molecule has 4 nitrogen and oxygen atoms in total. The summed E-state index contributed by atoms with van der Waals surface area (Å²) in [7, 11) is -3.89. The van der Waals surface area contributed by atoms with Crippen LogP contribution >= 0.6 is 0 Å². The minimum atomic E-state index is -3.89. The maximum absolute atomic E-state index is 14.6. The van der Waals surface area contributed by atoms with Crippen LogP contribution in [0.2, 0.25) is 0 Å². The zero-order chi connectivity index (χ0) is 18.9. The van der Waals surface area contributed by atoms with Gasteiger partial charge in [-0.05, 0) is 41.5 Å². The summed E-state index contributed by atoms with van der Waals surface area (Å²) in [6.07, 6.45) is 3.68. The molecule has 0 aliphatic carbocycles. The SMILES string of the molecule is CS(=O)(=O)c1cc(F)c(-c2cnccc2-c2cccc(C#N)c2)cc1F. The van der Waals surface area contributed by atoms with Gasteiger partial charge in [-0.3, -0.25) is 4.98 Å². The minimum absolute atomic E-state index is 0.111. The van der Waals surface area contributed by atoms with E-state index in [0.717, 1.165) is 12.3 Å². The Kier molecular flexibility index (Phi) is 4.53. The molecule has 0 atom stereocenters. The fourth-order valence-corrected chi connectivity index (χ4v) is 3.37. The Morgan fingerprint density at radius 3 is 2.46 bits per heavy atom. The summed E-state index contributed by atoms with van der Waals surface area (Å²) in [5.41, 5.74) is 1.78. The number of benzene rings is 2. The highest BCUT2D eigenvalue weighted by Gasteiger charge is 2.20. The van der Waals surface area contributed by atoms with Crippen LogP contribution in [0.1, 0.15) is 5.56 Å². The third-order valence-electron chi connectivity index (χ3n) is 3.83. The van der Waals surface area contributed by atoms with E-state index in [1.165, 1.54) is 12.4 Å². The standard InChI is InChI=1S/C19H12F2N2O2S/c1-26(24,25)19-9-17(20)15(8-18(19)21)16-11-23-6-5-14(16)13-4-2-3-12(7-13)10-22/h2-9,11H,1H3. The van der Waals surface area contributed by atoms with Gasteiger partial charge in [-0.15, -0.1) is 0 Å². The van der Waals surface area contributed by atoms with Gasteiger partial charge in [0.05, 0.1) is 11.6 Å². The monoisotopic (exact) mass is 370 g/mol. The summed E-state index contributed by atoms with van der Waals surface area (Å²) in [6.45, 7) is 0. The Labute approximate surface area is 149 Å². The predicted molar refractivity (Wildman–Crippen MR) is 92.8 cm³/mol. The molecule has 0 unspecified atom stereocenters. The summed E-state index contributed by atoms with van der Waals surface area (Å²) in [6, 6.07) is 11.8. The molecule has 26 heavy (non-hydrogen) atoms. The second-order valence-electron chi connectivity index (χ2n) is 5.65. The van der Waals surface area contributed by atoms with Crippen molar-refractivity contribution in [2.45, 2.75) is 4.90 Å². The zero-order valence-corrected chi connectivity index (χ0v) is 14.4. The minimum Gasteiger partial charge on any atom is -0.264 e. The first-order chi connectivity index (χ1) is 12.3. The van der Waals surface area contributed by atoms with Gasteiger partial charge in [-0.1, -0.05) is 12.1 Å². The van der Waals surface area contributed by atoms with Gasteiger partial charge in [0.25, 0.3) is 0 Å². The lowest BCUT2D eigenvalue weighted by Gasteiger charge is -2.12. The predicted octanol–water partition coefficient (Wildman–Crippen LogP) is 3.97. The molecule has 3 aromatic rings. The smallest absolute Gasteiger partial charge is 0.178 e. The number of nitriles is 1. The average Bonchev–Trinajstić information content (AvgIpc) is 2.62. The number of sulfone groups is 1. The van der Waals surface area contributed by atoms with Crippen molar-refractivity contribution >= 4 is 9.84 Å². The Balaban J connectivity index is 2.24. The molecular formula is C19H12F2N2O2S. The third kappa shape index (κ3) is 3.32. The van der Waals surface area contributed by atoms with Crippen molar-refractivity contribution in [1.29, 1.82) is 5.26 Å². The highest BCUT2D eigenvalue weighted by atomic mass is 32.2. The highest BCUT2D eigenvalue weighted by Crippen LogP contribution is 2.34. The van der Waals surface area contributed by atoms with Gasteiger partial charge in [0, 0.05) is 29.8 Å². The van der Waals surface area contributed by atoms with Gasteiger partial charge in [-0.2, -0.15) is 5.26 Å². The molecule has 0 N–H and O–H groups in total. The average molecular weight is 370 g/mol. The summed E-state index contributed by atoms with van der Waals surface area (Å²) in [5.74, 6) is -1.91. The number of nitrogens with zero attached hydrogens (tertiary/aromatic N) is 2. The van der Waals surface area contributed by atoms with Crippen molar-refractivity contribution in [2.75, 3.05) is 6.26 Å². The van der Waals surface area contributed by atoms with E-state index in [0.29, 0.717) is 28.3 Å². The largest absolute Gasteiger partial charge is 0.264 e. The van der Waals surface area contributed by atoms with Crippen molar-refractivity contribution < 1.29 is 17.2 Å². The van der Waals surface area contributed by atoms with Crippen LogP contribution in [0.3, 0.4) is 0 Å². The van der Waals surface area contributed by atoms with Crippen LogP contribution in [0.4, 0.5) is 8.78 Å². The van der Waals surface area contributed by atoms with E-state index in [1.807, 2.05) is 6.07 Å². The molecule has 1 heterocycles. The second-order valence-corrected chi connectivity index (χ2v) is 7.63. The van der Waals surface area contributed by atoms with Gasteiger partial charge in [0.15, 0.2) is 9.84 Å². The first-order valence-corrected chi connectivity index (χ1v) is 9.34. The summed E-state index contributed by atoms with van der Waals surface area (Å²) in [4.78, 5) is 3.26. The molecule has 3 rings (SSSR count). The molecule has 0 aliphatic heterocycles. The van der Waals surface area contributed by atoms with Crippen molar-refractivity contribution in [1.82, 2.24) is 4.98 Å². The van der Waals surface area contributed by atoms with Crippen LogP contribution in [0.25, 0.3) is 22.3 Å². The van der Waals surface area contributed by atoms with Gasteiger partial charge in [0.2, 0.25) is 0 Å². The third-order valence-corrected chi connectivity index (χ3v) is 4.95. The van der Waals surface area contributed by atoms with Crippen LogP contribution in [-0.2, 0) is 9.84 Å². The second kappa shape index (κ2) is 6.65. The summed E-state index contributed by atoms with van der Waals surface area (Å²) < 4.78 is 52.0. The molecule has 0 radical (unpaired) electrons. The number of hydrogen-bond acceptors (Lipinski definition) is 4. The van der Waals surface area contributed by atoms with Crippen LogP contribution in [-0.4, -0.2) is 19.7 Å². The normalized spacial score (nSPS) is 11.2. The Hall–Kier alpha value is -3.11. The van der Waals surface area contributed by atoms with Gasteiger partial charge in [-0.25, -0.2) is 17.2 Å². The molecule has 7 heteroatoms. The van der Waals surface area contributed by atoms with Crippen LogP contribution in [0, 0.1) is 23.0 Å². The molecule has 0 saturated carbocycles. The molecule has 0 aliphatic rings. The number of hydrogen-bond donors (Lipinski definition) is 0. The van der Waals surface area contributed by atoms with Crippen molar-refractivity contribution in [3.05, 3.63) is 72.1 Å². The molecule has 1 aromatic heterocycles. The van der Waals surface area contributed by atoms with E-state index in [-0.39, 0.29) is 5.56 Å². The van der Waals surface area contributed by atoms with E-state index in [9.17, 15) is 17.2 Å². The quantitative estimate of drug-likeness (QED) is 0.699. The molecule has 0 spiro atoms. The molecule has 0 bridgehead atoms. The Morgan fingerprint density at radius 1 is 1.00 bits per heavy atom. The first-order valence-electron chi connectivity index (χ1n) is 7.45.